The molecule has 1 N–H and O–H groups in total. The van der Waals surface area contributed by atoms with E-state index < -0.39 is 0 Å². The number of carbonyl (C=O) groups is 1. The summed E-state index contributed by atoms with van der Waals surface area (Å²) in [6.45, 7) is 2.15. The van der Waals surface area contributed by atoms with Gasteiger partial charge in [0.2, 0.25) is 0 Å². The molecule has 0 aliphatic heterocycles. The molecule has 0 bridgehead atoms. The van der Waals surface area contributed by atoms with Gasteiger partial charge in [-0.1, -0.05) is 43.7 Å². The van der Waals surface area contributed by atoms with E-state index >= 15 is 0 Å². The lowest BCUT2D eigenvalue weighted by molar-refractivity contribution is 0.102. The molecular weight excluding hydrogens is 222 g/mol. The molecule has 0 aliphatic carbocycles. The van der Waals surface area contributed by atoms with Crippen LogP contribution in [0.2, 0.25) is 0 Å². The number of amides is 1. The smallest absolute Gasteiger partial charge is 0.255 e. The van der Waals surface area contributed by atoms with Crippen molar-refractivity contribution in [2.24, 2.45) is 0 Å². The van der Waals surface area contributed by atoms with Crippen LogP contribution in [-0.4, -0.2) is 5.91 Å². The fourth-order valence-corrected chi connectivity index (χ4v) is 1.89. The molecule has 0 fully saturated rings. The number of hydrogen-bond donors (Lipinski definition) is 1. The number of anilines is 1. The highest BCUT2D eigenvalue weighted by molar-refractivity contribution is 6.04. The Hall–Kier alpha value is -2.09. The normalized spacial score (nSPS) is 10.1. The Morgan fingerprint density at radius 2 is 1.83 bits per heavy atom. The zero-order valence-corrected chi connectivity index (χ0v) is 10.5. The lowest BCUT2D eigenvalue weighted by atomic mass is 10.1. The Kier molecular flexibility index (Phi) is 4.13. The van der Waals surface area contributed by atoms with E-state index in [-0.39, 0.29) is 5.91 Å². The first-order valence-corrected chi connectivity index (χ1v) is 6.25. The standard InChI is InChI=1S/C16H17NO/c1-2-7-13-8-6-11-15(12-13)17-16(18)14-9-4-3-5-10-14/h3-6,8-12H,2,7H2,1H3,(H,17,18). The summed E-state index contributed by atoms with van der Waals surface area (Å²) < 4.78 is 0. The summed E-state index contributed by atoms with van der Waals surface area (Å²) >= 11 is 0. The van der Waals surface area contributed by atoms with E-state index in [1.807, 2.05) is 48.5 Å². The Bertz CT molecular complexity index is 520. The zero-order valence-electron chi connectivity index (χ0n) is 10.5. The minimum atomic E-state index is -0.0655. The predicted molar refractivity (Wildman–Crippen MR) is 74.8 cm³/mol. The van der Waals surface area contributed by atoms with E-state index in [0.717, 1.165) is 18.5 Å². The number of benzene rings is 2. The molecule has 2 aromatic carbocycles. The first-order chi connectivity index (χ1) is 8.79. The van der Waals surface area contributed by atoms with Gasteiger partial charge in [-0.25, -0.2) is 0 Å². The van der Waals surface area contributed by atoms with Gasteiger partial charge in [0, 0.05) is 11.3 Å². The van der Waals surface area contributed by atoms with Gasteiger partial charge < -0.3 is 5.32 Å². The van der Waals surface area contributed by atoms with Crippen molar-refractivity contribution in [1.82, 2.24) is 0 Å². The van der Waals surface area contributed by atoms with Gasteiger partial charge in [0.15, 0.2) is 0 Å². The summed E-state index contributed by atoms with van der Waals surface area (Å²) in [4.78, 5) is 12.0. The van der Waals surface area contributed by atoms with E-state index in [4.69, 9.17) is 0 Å². The van der Waals surface area contributed by atoms with Crippen LogP contribution in [0.5, 0.6) is 0 Å². The minimum absolute atomic E-state index is 0.0655. The second-order valence-electron chi connectivity index (χ2n) is 4.27. The number of aryl methyl sites for hydroxylation is 1. The molecule has 1 amide bonds. The summed E-state index contributed by atoms with van der Waals surface area (Å²) in [6, 6.07) is 17.3. The molecule has 0 spiro atoms. The van der Waals surface area contributed by atoms with Crippen LogP contribution in [0.1, 0.15) is 29.3 Å². The molecule has 0 saturated carbocycles. The van der Waals surface area contributed by atoms with Crippen LogP contribution in [0, 0.1) is 0 Å². The van der Waals surface area contributed by atoms with Crippen molar-refractivity contribution in [2.75, 3.05) is 5.32 Å². The molecule has 0 heterocycles. The van der Waals surface area contributed by atoms with Crippen LogP contribution >= 0.6 is 0 Å². The molecule has 0 aliphatic rings. The molecule has 0 saturated heterocycles. The summed E-state index contributed by atoms with van der Waals surface area (Å²) in [7, 11) is 0. The average Bonchev–Trinajstić information content (AvgIpc) is 2.40. The second kappa shape index (κ2) is 6.01. The van der Waals surface area contributed by atoms with E-state index in [2.05, 4.69) is 18.3 Å². The van der Waals surface area contributed by atoms with E-state index in [1.54, 1.807) is 0 Å². The van der Waals surface area contributed by atoms with Crippen molar-refractivity contribution in [2.45, 2.75) is 19.8 Å². The van der Waals surface area contributed by atoms with Crippen LogP contribution in [0.3, 0.4) is 0 Å². The summed E-state index contributed by atoms with van der Waals surface area (Å²) in [5.74, 6) is -0.0655. The third-order valence-corrected chi connectivity index (χ3v) is 2.76. The maximum absolute atomic E-state index is 12.0. The first-order valence-electron chi connectivity index (χ1n) is 6.25. The Morgan fingerprint density at radius 1 is 1.06 bits per heavy atom. The van der Waals surface area contributed by atoms with Gasteiger partial charge in [-0.15, -0.1) is 0 Å². The molecule has 2 nitrogen and oxygen atoms in total. The van der Waals surface area contributed by atoms with E-state index in [1.165, 1.54) is 5.56 Å². The van der Waals surface area contributed by atoms with Crippen LogP contribution < -0.4 is 5.32 Å². The van der Waals surface area contributed by atoms with Crippen molar-refractivity contribution in [1.29, 1.82) is 0 Å². The highest BCUT2D eigenvalue weighted by Gasteiger charge is 2.04. The fourth-order valence-electron chi connectivity index (χ4n) is 1.89. The summed E-state index contributed by atoms with van der Waals surface area (Å²) in [5.41, 5.74) is 2.79. The number of nitrogens with one attached hydrogen (secondary N) is 1. The van der Waals surface area contributed by atoms with Gasteiger partial charge in [-0.05, 0) is 36.2 Å². The van der Waals surface area contributed by atoms with Crippen LogP contribution in [-0.2, 0) is 6.42 Å². The SMILES string of the molecule is CCCc1cccc(NC(=O)c2ccccc2)c1. The molecule has 0 aromatic heterocycles. The van der Waals surface area contributed by atoms with Gasteiger partial charge >= 0.3 is 0 Å². The highest BCUT2D eigenvalue weighted by Crippen LogP contribution is 2.13. The highest BCUT2D eigenvalue weighted by atomic mass is 16.1. The first kappa shape index (κ1) is 12.4. The summed E-state index contributed by atoms with van der Waals surface area (Å²) in [5, 5.41) is 2.92. The number of hydrogen-bond acceptors (Lipinski definition) is 1. The molecule has 0 radical (unpaired) electrons. The van der Waals surface area contributed by atoms with Gasteiger partial charge in [0.05, 0.1) is 0 Å². The van der Waals surface area contributed by atoms with Crippen LogP contribution in [0.15, 0.2) is 54.6 Å². The molecule has 2 rings (SSSR count). The summed E-state index contributed by atoms with van der Waals surface area (Å²) in [6.07, 6.45) is 2.14. The number of rotatable bonds is 4. The Labute approximate surface area is 108 Å². The third-order valence-electron chi connectivity index (χ3n) is 2.76. The molecule has 18 heavy (non-hydrogen) atoms. The van der Waals surface area contributed by atoms with Gasteiger partial charge in [0.25, 0.3) is 5.91 Å². The zero-order chi connectivity index (χ0) is 12.8. The number of carbonyl (C=O) groups excluding carboxylic acids is 1. The van der Waals surface area contributed by atoms with Crippen LogP contribution in [0.25, 0.3) is 0 Å². The van der Waals surface area contributed by atoms with Crippen molar-refractivity contribution < 1.29 is 4.79 Å². The average molecular weight is 239 g/mol. The fraction of sp³-hybridized carbons (Fsp3) is 0.188. The van der Waals surface area contributed by atoms with Gasteiger partial charge in [-0.3, -0.25) is 4.79 Å². The largest absolute Gasteiger partial charge is 0.322 e. The Balaban J connectivity index is 2.10. The molecule has 2 aromatic rings. The van der Waals surface area contributed by atoms with Crippen molar-refractivity contribution in [3.63, 3.8) is 0 Å². The monoisotopic (exact) mass is 239 g/mol. The van der Waals surface area contributed by atoms with E-state index in [0.29, 0.717) is 5.56 Å². The van der Waals surface area contributed by atoms with Gasteiger partial charge in [0.1, 0.15) is 0 Å². The topological polar surface area (TPSA) is 29.1 Å². The van der Waals surface area contributed by atoms with Crippen molar-refractivity contribution in [3.05, 3.63) is 65.7 Å². The molecule has 2 heteroatoms. The van der Waals surface area contributed by atoms with Crippen LogP contribution in [0.4, 0.5) is 5.69 Å². The third kappa shape index (κ3) is 3.20. The van der Waals surface area contributed by atoms with Crippen molar-refractivity contribution in [3.8, 4) is 0 Å². The molecule has 92 valence electrons. The lowest BCUT2D eigenvalue weighted by Gasteiger charge is -2.07. The maximum atomic E-state index is 12.0. The molecule has 0 unspecified atom stereocenters. The van der Waals surface area contributed by atoms with Crippen molar-refractivity contribution >= 4 is 11.6 Å². The molecule has 0 atom stereocenters. The maximum Gasteiger partial charge on any atom is 0.255 e. The van der Waals surface area contributed by atoms with E-state index in [9.17, 15) is 4.79 Å². The van der Waals surface area contributed by atoms with Gasteiger partial charge in [-0.2, -0.15) is 0 Å². The quantitative estimate of drug-likeness (QED) is 0.861. The minimum Gasteiger partial charge on any atom is -0.322 e. The lowest BCUT2D eigenvalue weighted by Crippen LogP contribution is -2.11. The molecular formula is C16H17NO. The predicted octanol–water partition coefficient (Wildman–Crippen LogP) is 3.89. The second-order valence-corrected chi connectivity index (χ2v) is 4.27. The Morgan fingerprint density at radius 3 is 2.56 bits per heavy atom.